The standard InChI is InChI=1S/C21H31ClN2O2/c22-19-2-1-3-20(12-19)24-8-6-23(7-9-24)13-21(25)15-26-14-18-11-16-4-5-17(18)10-16/h1-3,12,16-18,21,25H,4-11,13-15H2/t16-,17-,18-,21+/m1/s1. The lowest BCUT2D eigenvalue weighted by Gasteiger charge is -2.37. The quantitative estimate of drug-likeness (QED) is 0.789. The Hall–Kier alpha value is -0.810. The van der Waals surface area contributed by atoms with E-state index in [4.69, 9.17) is 16.3 Å². The highest BCUT2D eigenvalue weighted by Crippen LogP contribution is 2.48. The smallest absolute Gasteiger partial charge is 0.0900 e. The van der Waals surface area contributed by atoms with Crippen LogP contribution in [0.3, 0.4) is 0 Å². The minimum Gasteiger partial charge on any atom is -0.389 e. The van der Waals surface area contributed by atoms with Gasteiger partial charge in [-0.1, -0.05) is 24.1 Å². The summed E-state index contributed by atoms with van der Waals surface area (Å²) in [4.78, 5) is 4.70. The number of aliphatic hydroxyl groups is 1. The zero-order valence-corrected chi connectivity index (χ0v) is 16.3. The van der Waals surface area contributed by atoms with Crippen LogP contribution in [-0.4, -0.2) is 62.0 Å². The highest BCUT2D eigenvalue weighted by molar-refractivity contribution is 6.30. The van der Waals surface area contributed by atoms with Gasteiger partial charge in [0.25, 0.3) is 0 Å². The molecule has 0 unspecified atom stereocenters. The summed E-state index contributed by atoms with van der Waals surface area (Å²) >= 11 is 6.09. The fraction of sp³-hybridized carbons (Fsp3) is 0.714. The third kappa shape index (κ3) is 4.53. The molecular formula is C21H31ClN2O2. The van der Waals surface area contributed by atoms with Crippen LogP contribution in [0, 0.1) is 17.8 Å². The van der Waals surface area contributed by atoms with Gasteiger partial charge in [0.2, 0.25) is 0 Å². The van der Waals surface area contributed by atoms with Crippen molar-refractivity contribution in [3.05, 3.63) is 29.3 Å². The third-order valence-corrected chi connectivity index (χ3v) is 6.78. The summed E-state index contributed by atoms with van der Waals surface area (Å²) in [6.07, 6.45) is 5.23. The van der Waals surface area contributed by atoms with Crippen molar-refractivity contribution in [2.45, 2.75) is 31.8 Å². The number of nitrogens with zero attached hydrogens (tertiary/aromatic N) is 2. The second-order valence-corrected chi connectivity index (χ2v) is 8.83. The van der Waals surface area contributed by atoms with Crippen LogP contribution in [0.25, 0.3) is 0 Å². The minimum atomic E-state index is -0.383. The molecule has 1 aromatic rings. The van der Waals surface area contributed by atoms with Crippen LogP contribution in [0.5, 0.6) is 0 Å². The number of hydrogen-bond acceptors (Lipinski definition) is 4. The Morgan fingerprint density at radius 2 is 2.00 bits per heavy atom. The van der Waals surface area contributed by atoms with E-state index in [1.54, 1.807) is 0 Å². The van der Waals surface area contributed by atoms with Gasteiger partial charge in [0, 0.05) is 50.0 Å². The zero-order chi connectivity index (χ0) is 17.9. The molecule has 0 aromatic heterocycles. The molecule has 4 atom stereocenters. The lowest BCUT2D eigenvalue weighted by molar-refractivity contribution is -0.00274. The maximum Gasteiger partial charge on any atom is 0.0900 e. The first-order chi connectivity index (χ1) is 12.7. The molecule has 1 aromatic carbocycles. The average Bonchev–Trinajstić information content (AvgIpc) is 3.25. The Bertz CT molecular complexity index is 591. The van der Waals surface area contributed by atoms with Crippen molar-refractivity contribution in [1.29, 1.82) is 0 Å². The largest absolute Gasteiger partial charge is 0.389 e. The Morgan fingerprint density at radius 3 is 2.69 bits per heavy atom. The Labute approximate surface area is 162 Å². The Balaban J connectivity index is 1.14. The molecule has 2 bridgehead atoms. The summed E-state index contributed by atoms with van der Waals surface area (Å²) in [6.45, 7) is 5.91. The molecule has 0 spiro atoms. The van der Waals surface area contributed by atoms with Gasteiger partial charge in [0.1, 0.15) is 0 Å². The molecule has 5 heteroatoms. The number of benzene rings is 1. The molecule has 2 aliphatic carbocycles. The Morgan fingerprint density at radius 1 is 1.15 bits per heavy atom. The lowest BCUT2D eigenvalue weighted by Crippen LogP contribution is -2.49. The molecule has 26 heavy (non-hydrogen) atoms. The molecule has 3 aliphatic rings. The summed E-state index contributed by atoms with van der Waals surface area (Å²) in [5.41, 5.74) is 1.19. The molecule has 1 aliphatic heterocycles. The first-order valence-electron chi connectivity index (χ1n) is 10.2. The van der Waals surface area contributed by atoms with Crippen LogP contribution in [0.2, 0.25) is 5.02 Å². The van der Waals surface area contributed by atoms with E-state index in [1.807, 2.05) is 18.2 Å². The molecule has 4 nitrogen and oxygen atoms in total. The number of aliphatic hydroxyl groups excluding tert-OH is 1. The van der Waals surface area contributed by atoms with Crippen LogP contribution in [0.4, 0.5) is 5.69 Å². The number of piperazine rings is 1. The molecule has 0 amide bonds. The predicted molar refractivity (Wildman–Crippen MR) is 106 cm³/mol. The van der Waals surface area contributed by atoms with Crippen LogP contribution in [0.15, 0.2) is 24.3 Å². The summed E-state index contributed by atoms with van der Waals surface area (Å²) in [7, 11) is 0. The predicted octanol–water partition coefficient (Wildman–Crippen LogP) is 3.28. The highest BCUT2D eigenvalue weighted by Gasteiger charge is 2.39. The van der Waals surface area contributed by atoms with Crippen molar-refractivity contribution >= 4 is 17.3 Å². The second kappa shape index (κ2) is 8.47. The van der Waals surface area contributed by atoms with E-state index in [0.29, 0.717) is 13.2 Å². The van der Waals surface area contributed by atoms with Crippen molar-refractivity contribution < 1.29 is 9.84 Å². The van der Waals surface area contributed by atoms with Crippen LogP contribution in [0.1, 0.15) is 25.7 Å². The summed E-state index contributed by atoms with van der Waals surface area (Å²) in [5.74, 6) is 2.62. The van der Waals surface area contributed by atoms with Crippen LogP contribution in [-0.2, 0) is 4.74 Å². The third-order valence-electron chi connectivity index (χ3n) is 6.54. The molecule has 144 valence electrons. The van der Waals surface area contributed by atoms with Crippen molar-refractivity contribution in [2.24, 2.45) is 17.8 Å². The van der Waals surface area contributed by atoms with E-state index in [1.165, 1.54) is 31.4 Å². The summed E-state index contributed by atoms with van der Waals surface area (Å²) in [5, 5.41) is 11.1. The number of rotatable bonds is 7. The van der Waals surface area contributed by atoms with Crippen LogP contribution < -0.4 is 4.90 Å². The molecule has 1 saturated heterocycles. The minimum absolute atomic E-state index is 0.383. The van der Waals surface area contributed by atoms with Crippen molar-refractivity contribution in [3.63, 3.8) is 0 Å². The molecule has 3 fully saturated rings. The first kappa shape index (κ1) is 18.5. The Kier molecular flexibility index (Phi) is 6.04. The maximum atomic E-state index is 10.3. The molecule has 1 heterocycles. The normalized spacial score (nSPS) is 30.1. The van der Waals surface area contributed by atoms with Gasteiger partial charge in [0.15, 0.2) is 0 Å². The van der Waals surface area contributed by atoms with Crippen LogP contribution >= 0.6 is 11.6 Å². The van der Waals surface area contributed by atoms with Gasteiger partial charge in [-0.05, 0) is 55.2 Å². The number of fused-ring (bicyclic) bond motifs is 2. The van der Waals surface area contributed by atoms with E-state index in [2.05, 4.69) is 15.9 Å². The monoisotopic (exact) mass is 378 g/mol. The van der Waals surface area contributed by atoms with Gasteiger partial charge in [-0.25, -0.2) is 0 Å². The maximum absolute atomic E-state index is 10.3. The molecule has 0 radical (unpaired) electrons. The summed E-state index contributed by atoms with van der Waals surface area (Å²) < 4.78 is 5.88. The molecular weight excluding hydrogens is 348 g/mol. The number of anilines is 1. The number of hydrogen-bond donors (Lipinski definition) is 1. The fourth-order valence-electron chi connectivity index (χ4n) is 5.15. The average molecular weight is 379 g/mol. The van der Waals surface area contributed by atoms with Gasteiger partial charge in [-0.3, -0.25) is 4.90 Å². The van der Waals surface area contributed by atoms with E-state index >= 15 is 0 Å². The second-order valence-electron chi connectivity index (χ2n) is 8.39. The van der Waals surface area contributed by atoms with E-state index in [9.17, 15) is 5.11 Å². The van der Waals surface area contributed by atoms with Crippen molar-refractivity contribution in [1.82, 2.24) is 4.90 Å². The molecule has 1 N–H and O–H groups in total. The topological polar surface area (TPSA) is 35.9 Å². The van der Waals surface area contributed by atoms with E-state index in [-0.39, 0.29) is 6.10 Å². The molecule has 2 saturated carbocycles. The number of halogens is 1. The first-order valence-corrected chi connectivity index (χ1v) is 10.5. The van der Waals surface area contributed by atoms with E-state index < -0.39 is 0 Å². The highest BCUT2D eigenvalue weighted by atomic mass is 35.5. The number of β-amino-alcohol motifs (C(OH)–C–C–N with tert-alkyl or cyclic N) is 1. The van der Waals surface area contributed by atoms with Gasteiger partial charge in [0.05, 0.1) is 12.7 Å². The SMILES string of the molecule is O[C@H](COC[C@H]1C[C@@H]2CC[C@@H]1C2)CN1CCN(c2cccc(Cl)c2)CC1. The van der Waals surface area contributed by atoms with Crippen molar-refractivity contribution in [3.8, 4) is 0 Å². The van der Waals surface area contributed by atoms with Crippen molar-refractivity contribution in [2.75, 3.05) is 50.8 Å². The van der Waals surface area contributed by atoms with E-state index in [0.717, 1.165) is 55.6 Å². The van der Waals surface area contributed by atoms with Gasteiger partial charge < -0.3 is 14.7 Å². The van der Waals surface area contributed by atoms with Gasteiger partial charge >= 0.3 is 0 Å². The fourth-order valence-corrected chi connectivity index (χ4v) is 5.33. The summed E-state index contributed by atoms with van der Waals surface area (Å²) in [6, 6.07) is 8.05. The lowest BCUT2D eigenvalue weighted by atomic mass is 9.90. The van der Waals surface area contributed by atoms with Gasteiger partial charge in [-0.15, -0.1) is 0 Å². The number of ether oxygens (including phenoxy) is 1. The molecule has 4 rings (SSSR count). The van der Waals surface area contributed by atoms with Gasteiger partial charge in [-0.2, -0.15) is 0 Å². The zero-order valence-electron chi connectivity index (χ0n) is 15.5.